The Bertz CT molecular complexity index is 464. The van der Waals surface area contributed by atoms with Gasteiger partial charge in [0.05, 0.1) is 0 Å². The minimum absolute atomic E-state index is 0.299. The molecule has 18 heavy (non-hydrogen) atoms. The third-order valence-corrected chi connectivity index (χ3v) is 3.91. The third kappa shape index (κ3) is 3.96. The van der Waals surface area contributed by atoms with Gasteiger partial charge in [0.15, 0.2) is 0 Å². The van der Waals surface area contributed by atoms with Gasteiger partial charge < -0.3 is 0 Å². The van der Waals surface area contributed by atoms with Crippen molar-refractivity contribution < 1.29 is 18.8 Å². The van der Waals surface area contributed by atoms with Gasteiger partial charge in [0.2, 0.25) is 0 Å². The predicted molar refractivity (Wildman–Crippen MR) is 74.4 cm³/mol. The summed E-state index contributed by atoms with van der Waals surface area (Å²) >= 11 is 2.76. The molecule has 0 radical (unpaired) electrons. The van der Waals surface area contributed by atoms with Crippen LogP contribution in [0.1, 0.15) is 0 Å². The fraction of sp³-hybridized carbons (Fsp3) is 0. The molecule has 4 nitrogen and oxygen atoms in total. The summed E-state index contributed by atoms with van der Waals surface area (Å²) in [6.07, 6.45) is -4.85. The number of benzene rings is 2. The zero-order chi connectivity index (χ0) is 13.1. The Morgan fingerprint density at radius 3 is 1.39 bits per heavy atom. The summed E-state index contributed by atoms with van der Waals surface area (Å²) in [5, 5.41) is 0. The topological polar surface area (TPSA) is 58.9 Å². The first-order chi connectivity index (χ1) is 8.42. The van der Waals surface area contributed by atoms with Crippen LogP contribution < -0.4 is 9.05 Å². The van der Waals surface area contributed by atoms with Crippen molar-refractivity contribution in [1.29, 1.82) is 0 Å². The van der Waals surface area contributed by atoms with Crippen molar-refractivity contribution in [2.24, 2.45) is 0 Å². The van der Waals surface area contributed by atoms with Gasteiger partial charge in [-0.25, -0.2) is 0 Å². The minimum atomic E-state index is -4.85. The summed E-state index contributed by atoms with van der Waals surface area (Å²) in [5.41, 5.74) is 0. The molecule has 2 N–H and O–H groups in total. The first-order valence-corrected chi connectivity index (χ1v) is 9.16. The quantitative estimate of drug-likeness (QED) is 0.840. The Hall–Kier alpha value is -1.13. The molecule has 0 bridgehead atoms. The van der Waals surface area contributed by atoms with E-state index in [1.54, 1.807) is 60.7 Å². The van der Waals surface area contributed by atoms with E-state index in [2.05, 4.69) is 15.5 Å². The Kier molecular flexibility index (Phi) is 3.59. The van der Waals surface area contributed by atoms with Gasteiger partial charge in [0, 0.05) is 0 Å². The van der Waals surface area contributed by atoms with E-state index in [4.69, 9.17) is 9.05 Å². The fourth-order valence-corrected chi connectivity index (χ4v) is 3.33. The summed E-state index contributed by atoms with van der Waals surface area (Å²) < 4.78 is 10.3. The molecule has 2 rings (SSSR count). The Labute approximate surface area is 113 Å². The average molecular weight is 331 g/mol. The Morgan fingerprint density at radius 1 is 0.722 bits per heavy atom. The van der Waals surface area contributed by atoms with Gasteiger partial charge in [-0.1, -0.05) is 0 Å². The standard InChI is InChI=1S/C12H12BrO4P/c13-18(14,15,16-11-7-3-1-4-8-11)17-12-9-5-2-6-10-12/h1-10,14-15H. The van der Waals surface area contributed by atoms with Crippen molar-refractivity contribution in [2.45, 2.75) is 0 Å². The normalized spacial score (nSPS) is 13.4. The molecule has 0 saturated carbocycles. The maximum absolute atomic E-state index is 10.0. The van der Waals surface area contributed by atoms with E-state index in [0.717, 1.165) is 0 Å². The van der Waals surface area contributed by atoms with E-state index in [9.17, 15) is 9.79 Å². The molecule has 0 atom stereocenters. The summed E-state index contributed by atoms with van der Waals surface area (Å²) in [7, 11) is 0. The monoisotopic (exact) mass is 330 g/mol. The summed E-state index contributed by atoms with van der Waals surface area (Å²) in [6.45, 7) is 0. The van der Waals surface area contributed by atoms with E-state index in [0.29, 0.717) is 11.5 Å². The van der Waals surface area contributed by atoms with Crippen molar-refractivity contribution in [1.82, 2.24) is 0 Å². The Morgan fingerprint density at radius 2 is 1.06 bits per heavy atom. The van der Waals surface area contributed by atoms with Gasteiger partial charge in [-0.3, -0.25) is 0 Å². The molecule has 2 aromatic rings. The van der Waals surface area contributed by atoms with Gasteiger partial charge in [0.25, 0.3) is 0 Å². The van der Waals surface area contributed by atoms with E-state index in [1.807, 2.05) is 0 Å². The number of halogens is 1. The van der Waals surface area contributed by atoms with Crippen LogP contribution in [-0.2, 0) is 0 Å². The molecule has 0 saturated heterocycles. The van der Waals surface area contributed by atoms with Crippen LogP contribution >= 0.6 is 21.7 Å². The zero-order valence-electron chi connectivity index (χ0n) is 9.31. The second kappa shape index (κ2) is 4.86. The van der Waals surface area contributed by atoms with Crippen molar-refractivity contribution in [3.05, 3.63) is 60.7 Å². The van der Waals surface area contributed by atoms with Crippen LogP contribution in [0.15, 0.2) is 60.7 Å². The van der Waals surface area contributed by atoms with E-state index >= 15 is 0 Å². The molecule has 2 aromatic carbocycles. The Balaban J connectivity index is 2.17. The molecule has 96 valence electrons. The van der Waals surface area contributed by atoms with Crippen LogP contribution in [0.25, 0.3) is 0 Å². The molecular formula is C12H12BrO4P. The first-order valence-electron chi connectivity index (χ1n) is 5.16. The van der Waals surface area contributed by atoms with E-state index < -0.39 is 6.21 Å². The molecule has 6 heteroatoms. The molecule has 0 aliphatic rings. The van der Waals surface area contributed by atoms with Crippen molar-refractivity contribution in [2.75, 3.05) is 0 Å². The van der Waals surface area contributed by atoms with Crippen LogP contribution in [-0.4, -0.2) is 9.79 Å². The van der Waals surface area contributed by atoms with Gasteiger partial charge in [0.1, 0.15) is 0 Å². The van der Waals surface area contributed by atoms with Gasteiger partial charge >= 0.3 is 113 Å². The molecule has 0 fully saturated rings. The number of rotatable bonds is 4. The fourth-order valence-electron chi connectivity index (χ4n) is 1.34. The van der Waals surface area contributed by atoms with Gasteiger partial charge in [-0.05, 0) is 0 Å². The molecule has 0 aliphatic carbocycles. The average Bonchev–Trinajstić information content (AvgIpc) is 2.29. The maximum atomic E-state index is 10.0. The van der Waals surface area contributed by atoms with Crippen LogP contribution in [0, 0.1) is 0 Å². The predicted octanol–water partition coefficient (Wildman–Crippen LogP) is 3.65. The second-order valence-corrected chi connectivity index (χ2v) is 9.15. The van der Waals surface area contributed by atoms with Crippen molar-refractivity contribution >= 4 is 21.7 Å². The molecule has 0 aliphatic heterocycles. The second-order valence-electron chi connectivity index (χ2n) is 3.59. The number of para-hydroxylation sites is 2. The summed E-state index contributed by atoms with van der Waals surface area (Å²) in [6, 6.07) is 16.9. The van der Waals surface area contributed by atoms with E-state index in [1.165, 1.54) is 0 Å². The summed E-state index contributed by atoms with van der Waals surface area (Å²) in [4.78, 5) is 20.1. The van der Waals surface area contributed by atoms with E-state index in [-0.39, 0.29) is 0 Å². The van der Waals surface area contributed by atoms with Crippen molar-refractivity contribution in [3.63, 3.8) is 0 Å². The van der Waals surface area contributed by atoms with Crippen LogP contribution in [0.5, 0.6) is 11.5 Å². The molecular weight excluding hydrogens is 319 g/mol. The number of hydrogen-bond donors (Lipinski definition) is 2. The van der Waals surface area contributed by atoms with Crippen molar-refractivity contribution in [3.8, 4) is 11.5 Å². The van der Waals surface area contributed by atoms with Gasteiger partial charge in [-0.2, -0.15) is 0 Å². The van der Waals surface area contributed by atoms with Gasteiger partial charge in [-0.15, -0.1) is 0 Å². The molecule has 0 heterocycles. The van der Waals surface area contributed by atoms with Crippen LogP contribution in [0.4, 0.5) is 0 Å². The van der Waals surface area contributed by atoms with Crippen LogP contribution in [0.3, 0.4) is 0 Å². The molecule has 0 aromatic heterocycles. The summed E-state index contributed by atoms with van der Waals surface area (Å²) in [5.74, 6) is 0.598. The SMILES string of the molecule is OP(O)(Br)(Oc1ccccc1)Oc1ccccc1. The van der Waals surface area contributed by atoms with Crippen LogP contribution in [0.2, 0.25) is 0 Å². The molecule has 0 amide bonds. The molecule has 0 unspecified atom stereocenters. The zero-order valence-corrected chi connectivity index (χ0v) is 11.8. The third-order valence-electron chi connectivity index (χ3n) is 2.00. The first kappa shape index (κ1) is 13.3. The number of hydrogen-bond acceptors (Lipinski definition) is 4. The molecule has 0 spiro atoms.